The van der Waals surface area contributed by atoms with Gasteiger partial charge in [0.15, 0.2) is 5.15 Å². The molecule has 0 atom stereocenters. The summed E-state index contributed by atoms with van der Waals surface area (Å²) >= 11 is 5.69. The first kappa shape index (κ1) is 13.0. The highest BCUT2D eigenvalue weighted by Gasteiger charge is 2.06. The Morgan fingerprint density at radius 1 is 1.25 bits per heavy atom. The van der Waals surface area contributed by atoms with Crippen molar-refractivity contribution in [2.24, 2.45) is 0 Å². The van der Waals surface area contributed by atoms with Crippen molar-refractivity contribution in [1.82, 2.24) is 9.97 Å². The molecule has 1 heterocycles. The van der Waals surface area contributed by atoms with Crippen molar-refractivity contribution in [3.05, 3.63) is 11.5 Å². The summed E-state index contributed by atoms with van der Waals surface area (Å²) in [4.78, 5) is 7.56. The van der Waals surface area contributed by atoms with Gasteiger partial charge < -0.3 is 19.9 Å². The Balaban J connectivity index is 2.24. The highest BCUT2D eigenvalue weighted by molar-refractivity contribution is 6.32. The molecule has 1 aromatic rings. The van der Waals surface area contributed by atoms with E-state index in [1.54, 1.807) is 7.11 Å². The first-order valence-corrected chi connectivity index (χ1v) is 5.09. The van der Waals surface area contributed by atoms with E-state index in [4.69, 9.17) is 31.5 Å². The van der Waals surface area contributed by atoms with Gasteiger partial charge in [0, 0.05) is 7.11 Å². The summed E-state index contributed by atoms with van der Waals surface area (Å²) in [6.07, 6.45) is 1.29. The lowest BCUT2D eigenvalue weighted by Crippen LogP contribution is -2.11. The maximum absolute atomic E-state index is 5.69. The van der Waals surface area contributed by atoms with Crippen molar-refractivity contribution in [3.8, 4) is 5.88 Å². The second-order valence-corrected chi connectivity index (χ2v) is 3.19. The summed E-state index contributed by atoms with van der Waals surface area (Å²) in [6, 6.07) is 0. The molecular weight excluding hydrogens is 234 g/mol. The highest BCUT2D eigenvalue weighted by atomic mass is 35.5. The van der Waals surface area contributed by atoms with Crippen LogP contribution in [0, 0.1) is 0 Å². The molecule has 90 valence electrons. The van der Waals surface area contributed by atoms with Gasteiger partial charge in [-0.3, -0.25) is 0 Å². The molecule has 0 saturated heterocycles. The molecule has 1 rings (SSSR count). The number of nitrogens with zero attached hydrogens (tertiary/aromatic N) is 2. The largest absolute Gasteiger partial charge is 0.474 e. The number of nitrogens with two attached hydrogens (primary N) is 1. The summed E-state index contributed by atoms with van der Waals surface area (Å²) in [6.45, 7) is 1.87. The highest BCUT2D eigenvalue weighted by Crippen LogP contribution is 2.23. The Labute approximate surface area is 98.7 Å². The number of aromatic nitrogens is 2. The van der Waals surface area contributed by atoms with Crippen LogP contribution in [-0.4, -0.2) is 43.5 Å². The predicted octanol–water partition coefficient (Wildman–Crippen LogP) is 0.754. The van der Waals surface area contributed by atoms with Crippen LogP contribution in [0.5, 0.6) is 5.88 Å². The zero-order valence-electron chi connectivity index (χ0n) is 8.98. The van der Waals surface area contributed by atoms with E-state index in [0.29, 0.717) is 26.4 Å². The van der Waals surface area contributed by atoms with Crippen LogP contribution in [0.2, 0.25) is 5.15 Å². The molecule has 16 heavy (non-hydrogen) atoms. The molecule has 0 spiro atoms. The summed E-state index contributed by atoms with van der Waals surface area (Å²) < 4.78 is 15.3. The van der Waals surface area contributed by atoms with Crippen LogP contribution in [-0.2, 0) is 9.47 Å². The zero-order chi connectivity index (χ0) is 11.8. The molecule has 6 nitrogen and oxygen atoms in total. The first-order valence-electron chi connectivity index (χ1n) is 4.71. The smallest absolute Gasteiger partial charge is 0.241 e. The Morgan fingerprint density at radius 3 is 2.75 bits per heavy atom. The third kappa shape index (κ3) is 4.18. The third-order valence-corrected chi connectivity index (χ3v) is 2.00. The second-order valence-electron chi connectivity index (χ2n) is 2.84. The number of ether oxygens (including phenoxy) is 3. The van der Waals surface area contributed by atoms with Crippen LogP contribution in [0.4, 0.5) is 5.69 Å². The summed E-state index contributed by atoms with van der Waals surface area (Å²) in [5.41, 5.74) is 5.84. The monoisotopic (exact) mass is 247 g/mol. The van der Waals surface area contributed by atoms with Gasteiger partial charge in [-0.1, -0.05) is 11.6 Å². The molecular formula is C9H14ClN3O3. The number of halogens is 1. The Kier molecular flexibility index (Phi) is 5.84. The van der Waals surface area contributed by atoms with Crippen LogP contribution in [0.25, 0.3) is 0 Å². The summed E-state index contributed by atoms with van der Waals surface area (Å²) in [5.74, 6) is 0.273. The summed E-state index contributed by atoms with van der Waals surface area (Å²) in [5, 5.41) is 0.185. The maximum Gasteiger partial charge on any atom is 0.241 e. The second kappa shape index (κ2) is 7.21. The molecule has 0 fully saturated rings. The van der Waals surface area contributed by atoms with E-state index in [-0.39, 0.29) is 16.7 Å². The van der Waals surface area contributed by atoms with Crippen LogP contribution in [0.3, 0.4) is 0 Å². The molecule has 7 heteroatoms. The van der Waals surface area contributed by atoms with Crippen LogP contribution in [0.1, 0.15) is 0 Å². The van der Waals surface area contributed by atoms with Gasteiger partial charge in [-0.05, 0) is 0 Å². The average Bonchev–Trinajstić information content (AvgIpc) is 2.29. The Morgan fingerprint density at radius 2 is 2.00 bits per heavy atom. The molecule has 0 saturated carbocycles. The van der Waals surface area contributed by atoms with Crippen molar-refractivity contribution in [2.75, 3.05) is 39.3 Å². The fourth-order valence-electron chi connectivity index (χ4n) is 0.916. The van der Waals surface area contributed by atoms with Crippen molar-refractivity contribution < 1.29 is 14.2 Å². The Bertz CT molecular complexity index is 325. The lowest BCUT2D eigenvalue weighted by Gasteiger charge is -2.08. The lowest BCUT2D eigenvalue weighted by atomic mass is 10.5. The predicted molar refractivity (Wildman–Crippen MR) is 59.6 cm³/mol. The average molecular weight is 248 g/mol. The number of methoxy groups -OCH3 is 1. The van der Waals surface area contributed by atoms with Crippen molar-refractivity contribution in [3.63, 3.8) is 0 Å². The lowest BCUT2D eigenvalue weighted by molar-refractivity contribution is 0.0538. The molecule has 0 aliphatic carbocycles. The van der Waals surface area contributed by atoms with Crippen LogP contribution in [0.15, 0.2) is 6.33 Å². The Hall–Kier alpha value is -1.11. The van der Waals surface area contributed by atoms with Gasteiger partial charge in [-0.2, -0.15) is 4.98 Å². The van der Waals surface area contributed by atoms with Gasteiger partial charge in [0.05, 0.1) is 19.8 Å². The molecule has 0 aliphatic heterocycles. The molecule has 0 aromatic carbocycles. The number of anilines is 1. The van der Waals surface area contributed by atoms with E-state index in [2.05, 4.69) is 9.97 Å². The molecule has 0 aliphatic rings. The van der Waals surface area contributed by atoms with Crippen LogP contribution >= 0.6 is 11.6 Å². The number of nitrogen functional groups attached to an aromatic ring is 1. The fraction of sp³-hybridized carbons (Fsp3) is 0.556. The van der Waals surface area contributed by atoms with Gasteiger partial charge >= 0.3 is 0 Å². The minimum atomic E-state index is 0.185. The molecule has 2 N–H and O–H groups in total. The molecule has 1 aromatic heterocycles. The zero-order valence-corrected chi connectivity index (χ0v) is 9.74. The minimum absolute atomic E-state index is 0.185. The summed E-state index contributed by atoms with van der Waals surface area (Å²) in [7, 11) is 1.61. The van der Waals surface area contributed by atoms with E-state index in [0.717, 1.165) is 0 Å². The van der Waals surface area contributed by atoms with Gasteiger partial charge in [0.25, 0.3) is 0 Å². The normalized spacial score (nSPS) is 10.4. The quantitative estimate of drug-likeness (QED) is 0.566. The van der Waals surface area contributed by atoms with Gasteiger partial charge in [0.2, 0.25) is 5.88 Å². The topological polar surface area (TPSA) is 79.5 Å². The standard InChI is InChI=1S/C9H14ClN3O3/c1-14-2-3-15-4-5-16-9-7(11)8(10)12-6-13-9/h6H,2-5,11H2,1H3. The first-order chi connectivity index (χ1) is 7.75. The van der Waals surface area contributed by atoms with E-state index >= 15 is 0 Å². The van der Waals surface area contributed by atoms with Crippen molar-refractivity contribution in [1.29, 1.82) is 0 Å². The number of rotatable bonds is 7. The van der Waals surface area contributed by atoms with Crippen LogP contribution < -0.4 is 10.5 Å². The van der Waals surface area contributed by atoms with Gasteiger partial charge in [-0.25, -0.2) is 4.98 Å². The molecule has 0 unspecified atom stereocenters. The molecule has 0 bridgehead atoms. The minimum Gasteiger partial charge on any atom is -0.474 e. The number of hydrogen-bond acceptors (Lipinski definition) is 6. The van der Waals surface area contributed by atoms with Crippen molar-refractivity contribution in [2.45, 2.75) is 0 Å². The maximum atomic E-state index is 5.69. The van der Waals surface area contributed by atoms with Gasteiger partial charge in [-0.15, -0.1) is 0 Å². The fourth-order valence-corrected chi connectivity index (χ4v) is 1.04. The van der Waals surface area contributed by atoms with Gasteiger partial charge in [0.1, 0.15) is 18.6 Å². The van der Waals surface area contributed by atoms with E-state index in [9.17, 15) is 0 Å². The van der Waals surface area contributed by atoms with Crippen molar-refractivity contribution >= 4 is 17.3 Å². The molecule has 0 radical (unpaired) electrons. The number of hydrogen-bond donors (Lipinski definition) is 1. The third-order valence-electron chi connectivity index (χ3n) is 1.70. The van der Waals surface area contributed by atoms with E-state index in [1.807, 2.05) is 0 Å². The van der Waals surface area contributed by atoms with E-state index < -0.39 is 0 Å². The SMILES string of the molecule is COCCOCCOc1ncnc(Cl)c1N. The molecule has 0 amide bonds. The van der Waals surface area contributed by atoms with E-state index in [1.165, 1.54) is 6.33 Å².